The molecule has 0 amide bonds. The molecule has 1 aliphatic rings. The number of aromatic nitrogens is 4. The summed E-state index contributed by atoms with van der Waals surface area (Å²) in [6.45, 7) is 7.74. The summed E-state index contributed by atoms with van der Waals surface area (Å²) in [4.78, 5) is 27.3. The molecule has 3 aromatic heterocycles. The largest absolute Gasteiger partial charge is 0.379 e. The molecule has 0 saturated carbocycles. The fourth-order valence-corrected chi connectivity index (χ4v) is 4.67. The van der Waals surface area contributed by atoms with Crippen LogP contribution in [0.4, 0.5) is 5.95 Å². The van der Waals surface area contributed by atoms with Crippen molar-refractivity contribution >= 4 is 28.6 Å². The number of rotatable bonds is 5. The molecule has 1 aromatic carbocycles. The number of hydrogen-bond donors (Lipinski definition) is 1. The summed E-state index contributed by atoms with van der Waals surface area (Å²) >= 11 is 6.74. The highest BCUT2D eigenvalue weighted by Crippen LogP contribution is 2.34. The van der Waals surface area contributed by atoms with Gasteiger partial charge in [0, 0.05) is 52.1 Å². The summed E-state index contributed by atoms with van der Waals surface area (Å²) in [6, 6.07) is 11.8. The Morgan fingerprint density at radius 3 is 2.74 bits per heavy atom. The first-order valence-corrected chi connectivity index (χ1v) is 11.8. The summed E-state index contributed by atoms with van der Waals surface area (Å²) in [5.74, 6) is 0.501. The number of anilines is 1. The van der Waals surface area contributed by atoms with Crippen molar-refractivity contribution in [2.75, 3.05) is 18.5 Å². The number of nitrogens with one attached hydrogen (secondary N) is 1. The highest BCUT2D eigenvalue weighted by Gasteiger charge is 2.19. The fraction of sp³-hybridized carbons (Fsp3) is 0.308. The maximum atomic E-state index is 13.5. The van der Waals surface area contributed by atoms with E-state index in [1.165, 1.54) is 0 Å². The molecule has 7 nitrogen and oxygen atoms in total. The molecule has 0 aliphatic carbocycles. The molecule has 1 saturated heterocycles. The van der Waals surface area contributed by atoms with E-state index in [1.807, 2.05) is 57.2 Å². The van der Waals surface area contributed by atoms with Crippen molar-refractivity contribution < 1.29 is 4.74 Å². The second-order valence-corrected chi connectivity index (χ2v) is 9.00. The van der Waals surface area contributed by atoms with Crippen molar-refractivity contribution in [3.8, 4) is 22.4 Å². The minimum absolute atomic E-state index is 0.133. The third kappa shape index (κ3) is 4.17. The summed E-state index contributed by atoms with van der Waals surface area (Å²) in [5.41, 5.74) is 5.42. The first kappa shape index (κ1) is 22.5. The van der Waals surface area contributed by atoms with Gasteiger partial charge in [0.2, 0.25) is 5.95 Å². The van der Waals surface area contributed by atoms with Crippen LogP contribution in [0.1, 0.15) is 24.6 Å². The van der Waals surface area contributed by atoms with E-state index in [9.17, 15) is 4.79 Å². The molecule has 8 heteroatoms. The average Bonchev–Trinajstić information content (AvgIpc) is 3.33. The summed E-state index contributed by atoms with van der Waals surface area (Å²) in [7, 11) is 0. The lowest BCUT2D eigenvalue weighted by Crippen LogP contribution is -2.24. The van der Waals surface area contributed by atoms with Crippen molar-refractivity contribution in [2.45, 2.75) is 39.8 Å². The van der Waals surface area contributed by atoms with Gasteiger partial charge in [0.25, 0.3) is 5.56 Å². The zero-order valence-corrected chi connectivity index (χ0v) is 20.2. The van der Waals surface area contributed by atoms with Crippen molar-refractivity contribution in [2.24, 2.45) is 0 Å². The standard InChI is InChI=1S/C26H26ClN5O2/c1-4-32-24-17(13-28-26(31-24)30-18-8-9-34-14-18)11-21(25(32)33)20-10-15(2)19(12-22(20)27)23-7-5-6-16(3)29-23/h5-7,10-13,18H,4,8-9,14H2,1-3H3,(H,28,30,31)/t18-/m0/s1. The molecule has 34 heavy (non-hydrogen) atoms. The van der Waals surface area contributed by atoms with E-state index in [2.05, 4.69) is 20.3 Å². The lowest BCUT2D eigenvalue weighted by molar-refractivity contribution is 0.195. The molecule has 174 valence electrons. The van der Waals surface area contributed by atoms with Crippen molar-refractivity contribution in [1.29, 1.82) is 0 Å². The van der Waals surface area contributed by atoms with Gasteiger partial charge in [-0.05, 0) is 63.1 Å². The molecular formula is C26H26ClN5O2. The summed E-state index contributed by atoms with van der Waals surface area (Å²) in [5, 5.41) is 4.59. The normalized spacial score (nSPS) is 15.7. The molecule has 0 spiro atoms. The topological polar surface area (TPSA) is 81.9 Å². The van der Waals surface area contributed by atoms with Crippen LogP contribution in [-0.4, -0.2) is 38.8 Å². The number of aryl methyl sites for hydroxylation is 3. The molecule has 4 aromatic rings. The second kappa shape index (κ2) is 9.16. The van der Waals surface area contributed by atoms with Crippen molar-refractivity contribution in [3.63, 3.8) is 0 Å². The highest BCUT2D eigenvalue weighted by molar-refractivity contribution is 6.33. The van der Waals surface area contributed by atoms with Gasteiger partial charge in [-0.25, -0.2) is 4.98 Å². The molecule has 0 unspecified atom stereocenters. The van der Waals surface area contributed by atoms with Gasteiger partial charge in [0.15, 0.2) is 0 Å². The zero-order valence-electron chi connectivity index (χ0n) is 19.4. The van der Waals surface area contributed by atoms with Crippen LogP contribution >= 0.6 is 11.6 Å². The second-order valence-electron chi connectivity index (χ2n) is 8.60. The predicted octanol–water partition coefficient (Wildman–Crippen LogP) is 5.01. The van der Waals surface area contributed by atoms with Crippen LogP contribution in [0.15, 0.2) is 47.4 Å². The fourth-order valence-electron chi connectivity index (χ4n) is 4.40. The van der Waals surface area contributed by atoms with E-state index in [1.54, 1.807) is 10.8 Å². The average molecular weight is 476 g/mol. The Labute approximate surface area is 202 Å². The highest BCUT2D eigenvalue weighted by atomic mass is 35.5. The number of nitrogens with zero attached hydrogens (tertiary/aromatic N) is 4. The van der Waals surface area contributed by atoms with Gasteiger partial charge in [-0.3, -0.25) is 14.3 Å². The Morgan fingerprint density at radius 2 is 2.00 bits per heavy atom. The Morgan fingerprint density at radius 1 is 1.15 bits per heavy atom. The van der Waals surface area contributed by atoms with E-state index in [0.29, 0.717) is 40.9 Å². The van der Waals surface area contributed by atoms with E-state index < -0.39 is 0 Å². The van der Waals surface area contributed by atoms with E-state index in [4.69, 9.17) is 16.3 Å². The van der Waals surface area contributed by atoms with E-state index >= 15 is 0 Å². The zero-order chi connectivity index (χ0) is 23.8. The Hall–Kier alpha value is -3.29. The van der Waals surface area contributed by atoms with E-state index in [-0.39, 0.29) is 11.6 Å². The Balaban J connectivity index is 1.60. The minimum Gasteiger partial charge on any atom is -0.379 e. The quantitative estimate of drug-likeness (QED) is 0.437. The molecule has 1 atom stereocenters. The molecule has 1 fully saturated rings. The number of pyridine rings is 2. The predicted molar refractivity (Wildman–Crippen MR) is 135 cm³/mol. The molecule has 0 bridgehead atoms. The van der Waals surface area contributed by atoms with Crippen LogP contribution in [-0.2, 0) is 11.3 Å². The molecular weight excluding hydrogens is 450 g/mol. The third-order valence-corrected chi connectivity index (χ3v) is 6.49. The monoisotopic (exact) mass is 475 g/mol. The van der Waals surface area contributed by atoms with Crippen LogP contribution in [0.5, 0.6) is 0 Å². The third-order valence-electron chi connectivity index (χ3n) is 6.17. The van der Waals surface area contributed by atoms with Crippen molar-refractivity contribution in [1.82, 2.24) is 19.5 Å². The summed E-state index contributed by atoms with van der Waals surface area (Å²) < 4.78 is 7.09. The molecule has 1 aliphatic heterocycles. The van der Waals surface area contributed by atoms with Crippen LogP contribution in [0, 0.1) is 13.8 Å². The molecule has 1 N–H and O–H groups in total. The maximum Gasteiger partial charge on any atom is 0.260 e. The number of fused-ring (bicyclic) bond motifs is 1. The van der Waals surface area contributed by atoms with Gasteiger partial charge < -0.3 is 10.1 Å². The van der Waals surface area contributed by atoms with Gasteiger partial charge in [-0.1, -0.05) is 17.7 Å². The van der Waals surface area contributed by atoms with Gasteiger partial charge >= 0.3 is 0 Å². The SMILES string of the molecule is CCn1c(=O)c(-c2cc(C)c(-c3cccc(C)n3)cc2Cl)cc2cnc(N[C@H]3CCOC3)nc21. The minimum atomic E-state index is -0.133. The van der Waals surface area contributed by atoms with Crippen LogP contribution < -0.4 is 10.9 Å². The molecule has 0 radical (unpaired) electrons. The number of ether oxygens (including phenoxy) is 1. The van der Waals surface area contributed by atoms with E-state index in [0.717, 1.165) is 40.9 Å². The van der Waals surface area contributed by atoms with Gasteiger partial charge in [0.1, 0.15) is 5.65 Å². The summed E-state index contributed by atoms with van der Waals surface area (Å²) in [6.07, 6.45) is 2.66. The smallest absolute Gasteiger partial charge is 0.260 e. The Bertz CT molecular complexity index is 1440. The van der Waals surface area contributed by atoms with Crippen molar-refractivity contribution in [3.05, 3.63) is 69.2 Å². The molecule has 5 rings (SSSR count). The lowest BCUT2D eigenvalue weighted by atomic mass is 9.98. The number of benzene rings is 1. The number of halogens is 1. The first-order valence-electron chi connectivity index (χ1n) is 11.4. The number of hydrogen-bond acceptors (Lipinski definition) is 6. The van der Waals surface area contributed by atoms with Crippen LogP contribution in [0.25, 0.3) is 33.4 Å². The van der Waals surface area contributed by atoms with Crippen LogP contribution in [0.2, 0.25) is 5.02 Å². The van der Waals surface area contributed by atoms with Gasteiger partial charge in [-0.2, -0.15) is 4.98 Å². The lowest BCUT2D eigenvalue weighted by Gasteiger charge is -2.15. The first-order chi connectivity index (χ1) is 16.4. The molecule has 4 heterocycles. The van der Waals surface area contributed by atoms with Gasteiger partial charge in [0.05, 0.1) is 18.3 Å². The Kier molecular flexibility index (Phi) is 6.06. The van der Waals surface area contributed by atoms with Crippen LogP contribution in [0.3, 0.4) is 0 Å². The van der Waals surface area contributed by atoms with Gasteiger partial charge in [-0.15, -0.1) is 0 Å². The maximum absolute atomic E-state index is 13.5.